The summed E-state index contributed by atoms with van der Waals surface area (Å²) in [7, 11) is 0. The average molecular weight is 215 g/mol. The van der Waals surface area contributed by atoms with Crippen molar-refractivity contribution in [3.8, 4) is 5.88 Å². The van der Waals surface area contributed by atoms with Crippen molar-refractivity contribution in [3.05, 3.63) is 17.3 Å². The molecule has 0 saturated carbocycles. The van der Waals surface area contributed by atoms with Crippen molar-refractivity contribution < 1.29 is 9.47 Å². The van der Waals surface area contributed by atoms with Gasteiger partial charge < -0.3 is 15.2 Å². The number of aromatic nitrogens is 1. The maximum atomic E-state index is 5.71. The summed E-state index contributed by atoms with van der Waals surface area (Å²) < 4.78 is 10.7. The van der Waals surface area contributed by atoms with E-state index in [0.29, 0.717) is 23.2 Å². The number of hydrogen-bond donors (Lipinski definition) is 1. The molecule has 1 atom stereocenters. The van der Waals surface area contributed by atoms with Crippen LogP contribution in [0.2, 0.25) is 5.02 Å². The molecule has 1 aliphatic rings. The quantitative estimate of drug-likeness (QED) is 0.811. The standard InChI is InChI=1S/C9H11ClN2O2/c10-6-3-8(11)9(12-4-6)14-7-1-2-13-5-7/h3-4,7H,1-2,5,11H2. The van der Waals surface area contributed by atoms with E-state index in [1.54, 1.807) is 6.07 Å². The van der Waals surface area contributed by atoms with E-state index in [1.807, 2.05) is 0 Å². The lowest BCUT2D eigenvalue weighted by atomic mass is 10.3. The van der Waals surface area contributed by atoms with Gasteiger partial charge in [0.25, 0.3) is 0 Å². The minimum atomic E-state index is 0.0611. The van der Waals surface area contributed by atoms with Gasteiger partial charge in [-0.1, -0.05) is 11.6 Å². The lowest BCUT2D eigenvalue weighted by Crippen LogP contribution is -2.17. The number of nitrogen functional groups attached to an aromatic ring is 1. The molecule has 4 nitrogen and oxygen atoms in total. The Balaban J connectivity index is 2.08. The number of hydrogen-bond acceptors (Lipinski definition) is 4. The lowest BCUT2D eigenvalue weighted by molar-refractivity contribution is 0.138. The average Bonchev–Trinajstić information content (AvgIpc) is 2.62. The van der Waals surface area contributed by atoms with Crippen LogP contribution in [0, 0.1) is 0 Å². The van der Waals surface area contributed by atoms with Crippen LogP contribution in [0.15, 0.2) is 12.3 Å². The molecule has 14 heavy (non-hydrogen) atoms. The summed E-state index contributed by atoms with van der Waals surface area (Å²) in [5.41, 5.74) is 6.15. The van der Waals surface area contributed by atoms with Crippen molar-refractivity contribution in [2.45, 2.75) is 12.5 Å². The van der Waals surface area contributed by atoms with Crippen LogP contribution < -0.4 is 10.5 Å². The summed E-state index contributed by atoms with van der Waals surface area (Å²) in [6, 6.07) is 1.62. The highest BCUT2D eigenvalue weighted by Crippen LogP contribution is 2.24. The van der Waals surface area contributed by atoms with Gasteiger partial charge >= 0.3 is 0 Å². The number of anilines is 1. The van der Waals surface area contributed by atoms with E-state index >= 15 is 0 Å². The molecule has 0 aliphatic carbocycles. The first-order valence-corrected chi connectivity index (χ1v) is 4.79. The number of halogens is 1. The maximum absolute atomic E-state index is 5.71. The smallest absolute Gasteiger partial charge is 0.237 e. The van der Waals surface area contributed by atoms with Gasteiger partial charge in [0.2, 0.25) is 5.88 Å². The molecule has 0 radical (unpaired) electrons. The second-order valence-corrected chi connectivity index (χ2v) is 3.59. The second-order valence-electron chi connectivity index (χ2n) is 3.15. The van der Waals surface area contributed by atoms with E-state index in [0.717, 1.165) is 13.0 Å². The predicted octanol–water partition coefficient (Wildman–Crippen LogP) is 1.48. The highest BCUT2D eigenvalue weighted by Gasteiger charge is 2.18. The molecule has 1 unspecified atom stereocenters. The molecule has 1 aromatic heterocycles. The summed E-state index contributed by atoms with van der Waals surface area (Å²) in [5, 5.41) is 0.512. The van der Waals surface area contributed by atoms with Crippen LogP contribution in [0.4, 0.5) is 5.69 Å². The fourth-order valence-electron chi connectivity index (χ4n) is 1.30. The SMILES string of the molecule is Nc1cc(Cl)cnc1OC1CCOC1. The number of ether oxygens (including phenoxy) is 2. The number of pyridine rings is 1. The van der Waals surface area contributed by atoms with Gasteiger partial charge in [0.05, 0.1) is 23.9 Å². The fourth-order valence-corrected chi connectivity index (χ4v) is 1.47. The van der Waals surface area contributed by atoms with Crippen LogP contribution in [0.3, 0.4) is 0 Å². The number of rotatable bonds is 2. The summed E-state index contributed by atoms with van der Waals surface area (Å²) in [4.78, 5) is 4.01. The van der Waals surface area contributed by atoms with E-state index in [9.17, 15) is 0 Å². The lowest BCUT2D eigenvalue weighted by Gasteiger charge is -2.12. The molecule has 2 rings (SSSR count). The second kappa shape index (κ2) is 4.02. The summed E-state index contributed by atoms with van der Waals surface area (Å²) >= 11 is 5.71. The van der Waals surface area contributed by atoms with Crippen LogP contribution in [0.5, 0.6) is 5.88 Å². The minimum Gasteiger partial charge on any atom is -0.470 e. The molecule has 2 heterocycles. The first-order valence-electron chi connectivity index (χ1n) is 4.41. The molecule has 1 saturated heterocycles. The molecular formula is C9H11ClN2O2. The van der Waals surface area contributed by atoms with Crippen molar-refractivity contribution in [2.24, 2.45) is 0 Å². The summed E-state index contributed by atoms with van der Waals surface area (Å²) in [6.07, 6.45) is 2.46. The van der Waals surface area contributed by atoms with Gasteiger partial charge in [0.1, 0.15) is 6.10 Å². The first kappa shape index (κ1) is 9.55. The summed E-state index contributed by atoms with van der Waals surface area (Å²) in [5.74, 6) is 0.435. The first-order chi connectivity index (χ1) is 6.75. The maximum Gasteiger partial charge on any atom is 0.237 e. The van der Waals surface area contributed by atoms with Crippen molar-refractivity contribution >= 4 is 17.3 Å². The van der Waals surface area contributed by atoms with Crippen LogP contribution in [-0.4, -0.2) is 24.3 Å². The molecule has 0 spiro atoms. The van der Waals surface area contributed by atoms with E-state index in [1.165, 1.54) is 6.20 Å². The summed E-state index contributed by atoms with van der Waals surface area (Å²) in [6.45, 7) is 1.34. The molecule has 76 valence electrons. The number of nitrogens with two attached hydrogens (primary N) is 1. The van der Waals surface area contributed by atoms with Gasteiger partial charge in [-0.2, -0.15) is 0 Å². The van der Waals surface area contributed by atoms with E-state index in [4.69, 9.17) is 26.8 Å². The van der Waals surface area contributed by atoms with Crippen molar-refractivity contribution in [1.29, 1.82) is 0 Å². The third-order valence-electron chi connectivity index (χ3n) is 2.01. The van der Waals surface area contributed by atoms with Gasteiger partial charge in [-0.05, 0) is 6.07 Å². The van der Waals surface area contributed by atoms with Crippen molar-refractivity contribution in [1.82, 2.24) is 4.98 Å². The van der Waals surface area contributed by atoms with E-state index < -0.39 is 0 Å². The molecule has 0 aromatic carbocycles. The Labute approximate surface area is 87.0 Å². The predicted molar refractivity (Wildman–Crippen MR) is 53.5 cm³/mol. The molecule has 1 fully saturated rings. The highest BCUT2D eigenvalue weighted by atomic mass is 35.5. The zero-order chi connectivity index (χ0) is 9.97. The Morgan fingerprint density at radius 3 is 3.14 bits per heavy atom. The Bertz CT molecular complexity index is 327. The van der Waals surface area contributed by atoms with Crippen molar-refractivity contribution in [2.75, 3.05) is 18.9 Å². The molecule has 5 heteroatoms. The molecule has 0 amide bonds. The monoisotopic (exact) mass is 214 g/mol. The molecule has 2 N–H and O–H groups in total. The van der Waals surface area contributed by atoms with Gasteiger partial charge in [0.15, 0.2) is 0 Å². The number of nitrogens with zero attached hydrogens (tertiary/aromatic N) is 1. The normalized spacial score (nSPS) is 21.1. The van der Waals surface area contributed by atoms with Gasteiger partial charge in [0, 0.05) is 12.6 Å². The fraction of sp³-hybridized carbons (Fsp3) is 0.444. The van der Waals surface area contributed by atoms with Crippen LogP contribution in [0.25, 0.3) is 0 Å². The Hall–Kier alpha value is -1.00. The Morgan fingerprint density at radius 2 is 2.50 bits per heavy atom. The van der Waals surface area contributed by atoms with Crippen LogP contribution in [0.1, 0.15) is 6.42 Å². The largest absolute Gasteiger partial charge is 0.470 e. The van der Waals surface area contributed by atoms with E-state index in [-0.39, 0.29) is 6.10 Å². The third-order valence-corrected chi connectivity index (χ3v) is 2.22. The molecule has 1 aliphatic heterocycles. The van der Waals surface area contributed by atoms with Crippen LogP contribution in [-0.2, 0) is 4.74 Å². The Morgan fingerprint density at radius 1 is 1.64 bits per heavy atom. The van der Waals surface area contributed by atoms with Gasteiger partial charge in [-0.15, -0.1) is 0 Å². The highest BCUT2D eigenvalue weighted by molar-refractivity contribution is 6.30. The molecule has 1 aromatic rings. The Kier molecular flexibility index (Phi) is 2.74. The molecular weight excluding hydrogens is 204 g/mol. The molecule has 0 bridgehead atoms. The van der Waals surface area contributed by atoms with Crippen LogP contribution >= 0.6 is 11.6 Å². The van der Waals surface area contributed by atoms with Crippen molar-refractivity contribution in [3.63, 3.8) is 0 Å². The third kappa shape index (κ3) is 2.08. The zero-order valence-electron chi connectivity index (χ0n) is 7.57. The van der Waals surface area contributed by atoms with Gasteiger partial charge in [-0.3, -0.25) is 0 Å². The topological polar surface area (TPSA) is 57.4 Å². The minimum absolute atomic E-state index is 0.0611. The zero-order valence-corrected chi connectivity index (χ0v) is 8.33. The van der Waals surface area contributed by atoms with E-state index in [2.05, 4.69) is 4.98 Å². The van der Waals surface area contributed by atoms with Gasteiger partial charge in [-0.25, -0.2) is 4.98 Å².